The van der Waals surface area contributed by atoms with Gasteiger partial charge < -0.3 is 19.1 Å². The highest BCUT2D eigenvalue weighted by atomic mass is 32.2. The van der Waals surface area contributed by atoms with E-state index in [4.69, 9.17) is 14.2 Å². The molecule has 2 atom stereocenters. The zero-order chi connectivity index (χ0) is 23.3. The average molecular weight is 470 g/mol. The SMILES string of the molecule is Cc1c(OC2CCCC(S(C)(=O)=O)CC2)ncnc1OC1CCN(C(=O)OC(C)C)CC1. The minimum Gasteiger partial charge on any atom is -0.474 e. The van der Waals surface area contributed by atoms with E-state index in [0.29, 0.717) is 57.0 Å². The van der Waals surface area contributed by atoms with Gasteiger partial charge in [0.05, 0.1) is 16.9 Å². The van der Waals surface area contributed by atoms with Gasteiger partial charge in [0.2, 0.25) is 11.8 Å². The predicted octanol–water partition coefficient (Wildman–Crippen LogP) is 3.30. The van der Waals surface area contributed by atoms with Crippen LogP contribution in [0.25, 0.3) is 0 Å². The Bertz CT molecular complexity index is 884. The van der Waals surface area contributed by atoms with Crippen molar-refractivity contribution in [3.8, 4) is 11.8 Å². The first-order chi connectivity index (χ1) is 15.1. The van der Waals surface area contributed by atoms with Crippen molar-refractivity contribution in [2.75, 3.05) is 19.3 Å². The van der Waals surface area contributed by atoms with Gasteiger partial charge >= 0.3 is 6.09 Å². The first kappa shape index (κ1) is 24.5. The van der Waals surface area contributed by atoms with Crippen LogP contribution in [0.15, 0.2) is 6.33 Å². The van der Waals surface area contributed by atoms with Gasteiger partial charge in [0, 0.05) is 32.2 Å². The molecule has 1 aromatic heterocycles. The molecule has 1 aliphatic heterocycles. The minimum atomic E-state index is -3.03. The Morgan fingerprint density at radius 3 is 2.16 bits per heavy atom. The summed E-state index contributed by atoms with van der Waals surface area (Å²) < 4.78 is 41.3. The maximum atomic E-state index is 12.1. The quantitative estimate of drug-likeness (QED) is 0.584. The molecule has 3 rings (SSSR count). The second-order valence-corrected chi connectivity index (χ2v) is 11.4. The van der Waals surface area contributed by atoms with Gasteiger partial charge in [0.1, 0.15) is 28.4 Å². The van der Waals surface area contributed by atoms with Crippen LogP contribution < -0.4 is 9.47 Å². The summed E-state index contributed by atoms with van der Waals surface area (Å²) in [7, 11) is -3.03. The molecule has 10 heteroatoms. The van der Waals surface area contributed by atoms with Crippen molar-refractivity contribution < 1.29 is 27.4 Å². The minimum absolute atomic E-state index is 0.0482. The van der Waals surface area contributed by atoms with Gasteiger partial charge in [0.25, 0.3) is 0 Å². The number of rotatable bonds is 6. The standard InChI is InChI=1S/C22H35N3O6S/c1-15(2)29-22(26)25-12-10-18(11-13-25)31-21-16(3)20(23-14-24-21)30-17-6-5-7-19(9-8-17)32(4,27)28/h14-15,17-19H,5-13H2,1-4H3. The maximum absolute atomic E-state index is 12.1. The summed E-state index contributed by atoms with van der Waals surface area (Å²) in [4.78, 5) is 22.3. The number of ether oxygens (including phenoxy) is 3. The van der Waals surface area contributed by atoms with Gasteiger partial charge in [-0.25, -0.2) is 23.2 Å². The zero-order valence-corrected chi connectivity index (χ0v) is 20.3. The van der Waals surface area contributed by atoms with E-state index in [1.165, 1.54) is 12.6 Å². The lowest BCUT2D eigenvalue weighted by Crippen LogP contribution is -2.42. The summed E-state index contributed by atoms with van der Waals surface area (Å²) in [5.74, 6) is 0.969. The molecule has 9 nitrogen and oxygen atoms in total. The second-order valence-electron chi connectivity index (χ2n) is 9.05. The molecular formula is C22H35N3O6S. The third-order valence-electron chi connectivity index (χ3n) is 6.05. The van der Waals surface area contributed by atoms with E-state index < -0.39 is 9.84 Å². The number of hydrogen-bond acceptors (Lipinski definition) is 8. The normalized spacial score (nSPS) is 23.0. The molecule has 0 aromatic carbocycles. The molecular weight excluding hydrogens is 434 g/mol. The Balaban J connectivity index is 1.55. The first-order valence-corrected chi connectivity index (χ1v) is 13.4. The van der Waals surface area contributed by atoms with E-state index in [1.54, 1.807) is 4.90 Å². The molecule has 0 N–H and O–H groups in total. The Morgan fingerprint density at radius 1 is 1.00 bits per heavy atom. The number of aromatic nitrogens is 2. The number of hydrogen-bond donors (Lipinski definition) is 0. The van der Waals surface area contributed by atoms with Gasteiger partial charge in [-0.05, 0) is 52.9 Å². The van der Waals surface area contributed by atoms with E-state index >= 15 is 0 Å². The van der Waals surface area contributed by atoms with Gasteiger partial charge in [-0.2, -0.15) is 0 Å². The Kier molecular flexibility index (Phi) is 8.19. The number of amides is 1. The number of piperidine rings is 1. The fourth-order valence-electron chi connectivity index (χ4n) is 4.18. The number of sulfone groups is 1. The van der Waals surface area contributed by atoms with Crippen LogP contribution in [0.3, 0.4) is 0 Å². The molecule has 2 heterocycles. The molecule has 180 valence electrons. The van der Waals surface area contributed by atoms with Crippen molar-refractivity contribution >= 4 is 15.9 Å². The van der Waals surface area contributed by atoms with E-state index in [9.17, 15) is 13.2 Å². The molecule has 2 fully saturated rings. The third kappa shape index (κ3) is 6.70. The molecule has 0 bridgehead atoms. The van der Waals surface area contributed by atoms with Crippen molar-refractivity contribution in [1.82, 2.24) is 14.9 Å². The highest BCUT2D eigenvalue weighted by Crippen LogP contribution is 2.30. The van der Waals surface area contributed by atoms with Crippen LogP contribution >= 0.6 is 0 Å². The highest BCUT2D eigenvalue weighted by molar-refractivity contribution is 7.91. The van der Waals surface area contributed by atoms with Crippen LogP contribution in [0.2, 0.25) is 0 Å². The van der Waals surface area contributed by atoms with Crippen LogP contribution in [0.4, 0.5) is 4.79 Å². The zero-order valence-electron chi connectivity index (χ0n) is 19.5. The largest absolute Gasteiger partial charge is 0.474 e. The number of likely N-dealkylation sites (tertiary alicyclic amines) is 1. The monoisotopic (exact) mass is 469 g/mol. The molecule has 1 aliphatic carbocycles. The summed E-state index contributed by atoms with van der Waals surface area (Å²) in [6, 6.07) is 0. The summed E-state index contributed by atoms with van der Waals surface area (Å²) in [6.07, 6.45) is 7.19. The highest BCUT2D eigenvalue weighted by Gasteiger charge is 2.28. The number of carbonyl (C=O) groups excluding carboxylic acids is 1. The summed E-state index contributed by atoms with van der Waals surface area (Å²) in [5.41, 5.74) is 0.734. The molecule has 2 unspecified atom stereocenters. The lowest BCUT2D eigenvalue weighted by molar-refractivity contribution is 0.0504. The first-order valence-electron chi connectivity index (χ1n) is 11.4. The molecule has 0 spiro atoms. The summed E-state index contributed by atoms with van der Waals surface area (Å²) >= 11 is 0. The van der Waals surface area contributed by atoms with Crippen LogP contribution in [0.5, 0.6) is 11.8 Å². The number of nitrogens with zero attached hydrogens (tertiary/aromatic N) is 3. The Hall–Kier alpha value is -2.10. The third-order valence-corrected chi connectivity index (χ3v) is 7.74. The molecule has 1 saturated heterocycles. The Labute approximate surface area is 190 Å². The topological polar surface area (TPSA) is 108 Å². The maximum Gasteiger partial charge on any atom is 0.410 e. The molecule has 32 heavy (non-hydrogen) atoms. The molecule has 2 aliphatic rings. The average Bonchev–Trinajstić information content (AvgIpc) is 2.97. The van der Waals surface area contributed by atoms with Crippen molar-refractivity contribution in [3.05, 3.63) is 11.9 Å². The van der Waals surface area contributed by atoms with Gasteiger partial charge in [-0.3, -0.25) is 0 Å². The lowest BCUT2D eigenvalue weighted by atomic mass is 10.1. The van der Waals surface area contributed by atoms with Gasteiger partial charge in [-0.1, -0.05) is 0 Å². The smallest absolute Gasteiger partial charge is 0.410 e. The van der Waals surface area contributed by atoms with Gasteiger partial charge in [-0.15, -0.1) is 0 Å². The molecule has 0 radical (unpaired) electrons. The fourth-order valence-corrected chi connectivity index (χ4v) is 5.34. The van der Waals surface area contributed by atoms with Crippen molar-refractivity contribution in [2.45, 2.75) is 89.3 Å². The van der Waals surface area contributed by atoms with Crippen LogP contribution in [-0.2, 0) is 14.6 Å². The van der Waals surface area contributed by atoms with Crippen LogP contribution in [0.1, 0.15) is 64.4 Å². The van der Waals surface area contributed by atoms with Crippen molar-refractivity contribution in [1.29, 1.82) is 0 Å². The predicted molar refractivity (Wildman–Crippen MR) is 120 cm³/mol. The number of carbonyl (C=O) groups is 1. The lowest BCUT2D eigenvalue weighted by Gasteiger charge is -2.32. The molecule has 1 saturated carbocycles. The fraction of sp³-hybridized carbons (Fsp3) is 0.773. The molecule has 1 amide bonds. The van der Waals surface area contributed by atoms with Crippen LogP contribution in [0, 0.1) is 6.92 Å². The van der Waals surface area contributed by atoms with E-state index in [1.807, 2.05) is 20.8 Å². The van der Waals surface area contributed by atoms with E-state index in [0.717, 1.165) is 18.4 Å². The summed E-state index contributed by atoms with van der Waals surface area (Å²) in [5, 5.41) is -0.287. The summed E-state index contributed by atoms with van der Waals surface area (Å²) in [6.45, 7) is 6.70. The van der Waals surface area contributed by atoms with E-state index in [-0.39, 0.29) is 29.7 Å². The van der Waals surface area contributed by atoms with Crippen molar-refractivity contribution in [3.63, 3.8) is 0 Å². The van der Waals surface area contributed by atoms with Crippen molar-refractivity contribution in [2.24, 2.45) is 0 Å². The van der Waals surface area contributed by atoms with E-state index in [2.05, 4.69) is 9.97 Å². The molecule has 1 aromatic rings. The van der Waals surface area contributed by atoms with Crippen LogP contribution in [-0.4, -0.2) is 72.3 Å². The van der Waals surface area contributed by atoms with Gasteiger partial charge in [0.15, 0.2) is 0 Å². The second kappa shape index (κ2) is 10.7. The Morgan fingerprint density at radius 2 is 1.59 bits per heavy atom.